The molecule has 2 aliphatic heterocycles. The SMILES string of the molecule is CC(CC(=O)N1CCN(c2ccc(C#N)cn2)CC1)c1nc2ccccc2c(=O)[nH]1.CC(CC(=O)O)c1nc2ccccc2c(=O)[nH]1.N#Cc1ccc(N2CCNCC2)nc1. The second-order valence-corrected chi connectivity index (χ2v) is 14.7. The van der Waals surface area contributed by atoms with Crippen LogP contribution in [0.2, 0.25) is 0 Å². The van der Waals surface area contributed by atoms with Crippen molar-refractivity contribution >= 4 is 45.3 Å². The number of nitriles is 2. The first kappa shape index (κ1) is 43.1. The number of aromatic amines is 2. The van der Waals surface area contributed by atoms with Gasteiger partial charge in [-0.05, 0) is 48.5 Å². The average molecular weight is 823 g/mol. The quantitative estimate of drug-likeness (QED) is 0.170. The maximum Gasteiger partial charge on any atom is 0.304 e. The lowest BCUT2D eigenvalue weighted by atomic mass is 10.1. The standard InChI is InChI=1S/C22H22N6O2.C12H12N2O3.C10H12N4/c1-15(21-25-18-5-3-2-4-17(18)22(30)26-21)12-20(29)28-10-8-27(9-11-28)19-7-6-16(13-23)14-24-19;1-7(6-10(15)16)11-13-9-5-3-2-4-8(9)12(17)14-11;11-7-9-1-2-10(13-8-9)14-5-3-12-4-6-14/h2-7,14-15H,8-12H2,1H3,(H,25,26,30);2-5,7H,6H2,1H3,(H,15,16)(H,13,14,17);1-2,8,12H,3-6H2. The molecule has 0 spiro atoms. The van der Waals surface area contributed by atoms with E-state index in [1.54, 1.807) is 67.8 Å². The van der Waals surface area contributed by atoms with Crippen molar-refractivity contribution in [2.75, 3.05) is 62.2 Å². The minimum absolute atomic E-state index is 0.0470. The Morgan fingerprint density at radius 1 is 0.672 bits per heavy atom. The van der Waals surface area contributed by atoms with Gasteiger partial charge in [-0.3, -0.25) is 19.2 Å². The lowest BCUT2D eigenvalue weighted by molar-refractivity contribution is -0.137. The van der Waals surface area contributed by atoms with Crippen molar-refractivity contribution in [3.63, 3.8) is 0 Å². The third-order valence-corrected chi connectivity index (χ3v) is 10.3. The normalized spacial score (nSPS) is 14.7. The first-order chi connectivity index (χ1) is 29.5. The number of hydrogen-bond acceptors (Lipinski definition) is 13. The highest BCUT2D eigenvalue weighted by molar-refractivity contribution is 5.79. The minimum Gasteiger partial charge on any atom is -0.481 e. The largest absolute Gasteiger partial charge is 0.481 e. The maximum atomic E-state index is 12.8. The van der Waals surface area contributed by atoms with Crippen molar-refractivity contribution in [2.45, 2.75) is 38.5 Å². The molecular weight excluding hydrogens is 777 g/mol. The van der Waals surface area contributed by atoms with Gasteiger partial charge in [0.25, 0.3) is 11.1 Å². The van der Waals surface area contributed by atoms with Gasteiger partial charge in [0.2, 0.25) is 5.91 Å². The second kappa shape index (κ2) is 20.5. The molecule has 17 heteroatoms. The number of para-hydroxylation sites is 2. The minimum atomic E-state index is -0.909. The molecule has 0 bridgehead atoms. The predicted molar refractivity (Wildman–Crippen MR) is 230 cm³/mol. The van der Waals surface area contributed by atoms with Crippen molar-refractivity contribution in [1.29, 1.82) is 10.5 Å². The van der Waals surface area contributed by atoms with Crippen LogP contribution in [0.4, 0.5) is 11.6 Å². The van der Waals surface area contributed by atoms with Gasteiger partial charge < -0.3 is 35.1 Å². The zero-order valence-electron chi connectivity index (χ0n) is 33.9. The van der Waals surface area contributed by atoms with Crippen LogP contribution in [0.5, 0.6) is 0 Å². The number of aliphatic carboxylic acids is 1. The molecule has 2 atom stereocenters. The van der Waals surface area contributed by atoms with Gasteiger partial charge in [-0.15, -0.1) is 0 Å². The molecule has 4 N–H and O–H groups in total. The van der Waals surface area contributed by atoms with Gasteiger partial charge in [-0.25, -0.2) is 19.9 Å². The maximum absolute atomic E-state index is 12.8. The smallest absolute Gasteiger partial charge is 0.304 e. The lowest BCUT2D eigenvalue weighted by Crippen LogP contribution is -2.49. The summed E-state index contributed by atoms with van der Waals surface area (Å²) in [7, 11) is 0. The van der Waals surface area contributed by atoms with Gasteiger partial charge in [0.05, 0.1) is 39.4 Å². The fourth-order valence-electron chi connectivity index (χ4n) is 6.88. The molecule has 1 amide bonds. The van der Waals surface area contributed by atoms with Crippen LogP contribution in [0.15, 0.2) is 94.8 Å². The van der Waals surface area contributed by atoms with Crippen LogP contribution in [0.25, 0.3) is 21.8 Å². The van der Waals surface area contributed by atoms with Crippen LogP contribution >= 0.6 is 0 Å². The van der Waals surface area contributed by atoms with Crippen molar-refractivity contribution < 1.29 is 14.7 Å². The summed E-state index contributed by atoms with van der Waals surface area (Å²) in [5.74, 6) is 1.36. The molecule has 2 unspecified atom stereocenters. The molecule has 4 aromatic heterocycles. The molecule has 2 aromatic carbocycles. The van der Waals surface area contributed by atoms with E-state index in [0.29, 0.717) is 70.8 Å². The number of nitrogens with one attached hydrogen (secondary N) is 3. The van der Waals surface area contributed by atoms with E-state index in [9.17, 15) is 19.2 Å². The molecule has 6 aromatic rings. The van der Waals surface area contributed by atoms with E-state index in [2.05, 4.69) is 57.2 Å². The first-order valence-electron chi connectivity index (χ1n) is 19.9. The van der Waals surface area contributed by atoms with Crippen LogP contribution < -0.4 is 26.2 Å². The number of carboxylic acids is 1. The number of rotatable bonds is 8. The first-order valence-corrected chi connectivity index (χ1v) is 19.9. The fourth-order valence-corrected chi connectivity index (χ4v) is 6.88. The summed E-state index contributed by atoms with van der Waals surface area (Å²) in [5.41, 5.74) is 1.95. The number of carboxylic acid groups (broad SMARTS) is 1. The zero-order chi connectivity index (χ0) is 43.3. The molecule has 61 heavy (non-hydrogen) atoms. The summed E-state index contributed by atoms with van der Waals surface area (Å²) < 4.78 is 0. The molecular formula is C44H46N12O5. The molecule has 0 aliphatic carbocycles. The number of nitrogens with zero attached hydrogens (tertiary/aromatic N) is 9. The highest BCUT2D eigenvalue weighted by Gasteiger charge is 2.24. The van der Waals surface area contributed by atoms with Crippen LogP contribution in [-0.2, 0) is 9.59 Å². The number of anilines is 2. The summed E-state index contributed by atoms with van der Waals surface area (Å²) in [6.07, 6.45) is 3.42. The summed E-state index contributed by atoms with van der Waals surface area (Å²) in [4.78, 5) is 76.4. The van der Waals surface area contributed by atoms with E-state index < -0.39 is 5.97 Å². The Kier molecular flexibility index (Phi) is 14.5. The van der Waals surface area contributed by atoms with Crippen molar-refractivity contribution in [3.05, 3.63) is 129 Å². The molecule has 2 saturated heterocycles. The monoisotopic (exact) mass is 822 g/mol. The molecule has 2 aliphatic rings. The Bertz CT molecular complexity index is 2660. The van der Waals surface area contributed by atoms with E-state index in [1.807, 2.05) is 36.1 Å². The van der Waals surface area contributed by atoms with Gasteiger partial charge in [0, 0.05) is 83.0 Å². The number of pyridine rings is 2. The van der Waals surface area contributed by atoms with E-state index in [1.165, 1.54) is 0 Å². The van der Waals surface area contributed by atoms with E-state index in [4.69, 9.17) is 15.6 Å². The fraction of sp³-hybridized carbons (Fsp3) is 0.318. The molecule has 0 saturated carbocycles. The number of carbonyl (C=O) groups is 2. The van der Waals surface area contributed by atoms with E-state index in [0.717, 1.165) is 37.8 Å². The summed E-state index contributed by atoms with van der Waals surface area (Å²) in [6, 6.07) is 25.6. The highest BCUT2D eigenvalue weighted by atomic mass is 16.4. The molecule has 0 radical (unpaired) electrons. The lowest BCUT2D eigenvalue weighted by Gasteiger charge is -2.35. The highest BCUT2D eigenvalue weighted by Crippen LogP contribution is 2.20. The third kappa shape index (κ3) is 11.4. The van der Waals surface area contributed by atoms with Crippen LogP contribution in [0, 0.1) is 22.7 Å². The number of amides is 1. The van der Waals surface area contributed by atoms with Crippen molar-refractivity contribution in [2.24, 2.45) is 0 Å². The van der Waals surface area contributed by atoms with Gasteiger partial charge in [0.1, 0.15) is 35.4 Å². The Balaban J connectivity index is 0.000000169. The summed E-state index contributed by atoms with van der Waals surface area (Å²) >= 11 is 0. The van der Waals surface area contributed by atoms with Gasteiger partial charge in [-0.2, -0.15) is 10.5 Å². The van der Waals surface area contributed by atoms with Crippen LogP contribution in [0.1, 0.15) is 61.3 Å². The van der Waals surface area contributed by atoms with Crippen molar-refractivity contribution in [1.82, 2.24) is 40.1 Å². The van der Waals surface area contributed by atoms with Gasteiger partial charge >= 0.3 is 5.97 Å². The Morgan fingerprint density at radius 3 is 1.57 bits per heavy atom. The molecule has 312 valence electrons. The Labute approximate surface area is 351 Å². The number of H-pyrrole nitrogens is 2. The summed E-state index contributed by atoms with van der Waals surface area (Å²) in [6.45, 7) is 10.2. The van der Waals surface area contributed by atoms with Crippen LogP contribution in [-0.4, -0.2) is 104 Å². The van der Waals surface area contributed by atoms with Gasteiger partial charge in [0.15, 0.2) is 0 Å². The molecule has 2 fully saturated rings. The third-order valence-electron chi connectivity index (χ3n) is 10.3. The number of piperazine rings is 2. The number of benzene rings is 2. The topological polar surface area (TPSA) is 241 Å². The molecule has 6 heterocycles. The average Bonchev–Trinajstić information content (AvgIpc) is 3.29. The molecule has 8 rings (SSSR count). The second-order valence-electron chi connectivity index (χ2n) is 14.7. The summed E-state index contributed by atoms with van der Waals surface area (Å²) in [5, 5.41) is 30.6. The van der Waals surface area contributed by atoms with E-state index in [-0.39, 0.29) is 41.7 Å². The number of hydrogen-bond donors (Lipinski definition) is 4. The predicted octanol–water partition coefficient (Wildman–Crippen LogP) is 3.90. The Morgan fingerprint density at radius 2 is 1.13 bits per heavy atom. The Hall–Kier alpha value is -7.50. The van der Waals surface area contributed by atoms with Gasteiger partial charge in [-0.1, -0.05) is 38.1 Å². The number of fused-ring (bicyclic) bond motifs is 2. The zero-order valence-corrected chi connectivity index (χ0v) is 33.9. The van der Waals surface area contributed by atoms with Crippen LogP contribution in [0.3, 0.4) is 0 Å². The number of aromatic nitrogens is 6. The number of carbonyl (C=O) groups excluding carboxylic acids is 1. The molecule has 17 nitrogen and oxygen atoms in total. The van der Waals surface area contributed by atoms with E-state index >= 15 is 0 Å². The van der Waals surface area contributed by atoms with Crippen molar-refractivity contribution in [3.8, 4) is 12.1 Å².